The molecule has 0 atom stereocenters. The van der Waals surface area contributed by atoms with Crippen LogP contribution in [0, 0.1) is 0 Å². The van der Waals surface area contributed by atoms with E-state index in [1.165, 1.54) is 11.3 Å². The predicted octanol–water partition coefficient (Wildman–Crippen LogP) is 2.19. The average molecular weight is 392 g/mol. The van der Waals surface area contributed by atoms with Crippen molar-refractivity contribution in [2.45, 2.75) is 32.8 Å². The first-order valence-corrected chi connectivity index (χ1v) is 8.10. The Labute approximate surface area is 140 Å². The van der Waals surface area contributed by atoms with Crippen LogP contribution < -0.4 is 16.2 Å². The lowest BCUT2D eigenvalue weighted by molar-refractivity contribution is -0.121. The van der Waals surface area contributed by atoms with Gasteiger partial charge in [0, 0.05) is 13.0 Å². The van der Waals surface area contributed by atoms with Crippen molar-refractivity contribution in [2.24, 2.45) is 0 Å². The van der Waals surface area contributed by atoms with Gasteiger partial charge in [0.05, 0.1) is 8.66 Å². The van der Waals surface area contributed by atoms with E-state index in [1.807, 2.05) is 0 Å². The molecule has 1 aromatic heterocycles. The van der Waals surface area contributed by atoms with E-state index in [2.05, 4.69) is 32.1 Å². The lowest BCUT2D eigenvalue weighted by atomic mass is 10.2. The third kappa shape index (κ3) is 7.41. The highest BCUT2D eigenvalue weighted by molar-refractivity contribution is 9.11. The first-order chi connectivity index (χ1) is 10.2. The van der Waals surface area contributed by atoms with Crippen molar-refractivity contribution in [1.82, 2.24) is 16.2 Å². The van der Waals surface area contributed by atoms with Crippen molar-refractivity contribution in [3.05, 3.63) is 20.8 Å². The molecule has 122 valence electrons. The monoisotopic (exact) mass is 391 g/mol. The summed E-state index contributed by atoms with van der Waals surface area (Å²) in [5, 5.41) is 2.45. The largest absolute Gasteiger partial charge is 0.444 e. The van der Waals surface area contributed by atoms with Gasteiger partial charge in [-0.3, -0.25) is 20.4 Å². The van der Waals surface area contributed by atoms with Crippen molar-refractivity contribution < 1.29 is 19.1 Å². The lowest BCUT2D eigenvalue weighted by Gasteiger charge is -2.19. The van der Waals surface area contributed by atoms with Crippen LogP contribution in [-0.4, -0.2) is 30.1 Å². The second kappa shape index (κ2) is 8.14. The third-order valence-electron chi connectivity index (χ3n) is 2.13. The van der Waals surface area contributed by atoms with Crippen LogP contribution in [0.1, 0.15) is 36.9 Å². The summed E-state index contributed by atoms with van der Waals surface area (Å²) in [4.78, 5) is 35.0. The molecule has 0 aromatic carbocycles. The number of ether oxygens (including phenoxy) is 1. The number of hydrogen-bond donors (Lipinski definition) is 3. The van der Waals surface area contributed by atoms with Crippen molar-refractivity contribution in [1.29, 1.82) is 0 Å². The fraction of sp³-hybridized carbons (Fsp3) is 0.462. The summed E-state index contributed by atoms with van der Waals surface area (Å²) in [5.74, 6) is -0.816. The van der Waals surface area contributed by atoms with E-state index in [0.29, 0.717) is 4.88 Å². The quantitative estimate of drug-likeness (QED) is 0.685. The van der Waals surface area contributed by atoms with Gasteiger partial charge in [-0.1, -0.05) is 0 Å². The van der Waals surface area contributed by atoms with Gasteiger partial charge in [0.1, 0.15) is 5.60 Å². The number of alkyl carbamates (subject to hydrolysis) is 1. The summed E-state index contributed by atoms with van der Waals surface area (Å²) < 4.78 is 5.85. The Bertz CT molecular complexity index is 554. The molecule has 7 nitrogen and oxygen atoms in total. The highest BCUT2D eigenvalue weighted by atomic mass is 79.9. The zero-order valence-corrected chi connectivity index (χ0v) is 14.9. The van der Waals surface area contributed by atoms with E-state index in [0.717, 1.165) is 3.79 Å². The fourth-order valence-corrected chi connectivity index (χ4v) is 2.56. The van der Waals surface area contributed by atoms with Gasteiger partial charge in [0.25, 0.3) is 5.91 Å². The van der Waals surface area contributed by atoms with Gasteiger partial charge < -0.3 is 10.1 Å². The Morgan fingerprint density at radius 3 is 2.45 bits per heavy atom. The van der Waals surface area contributed by atoms with Crippen LogP contribution in [0.4, 0.5) is 4.79 Å². The Hall–Kier alpha value is -1.61. The molecule has 0 spiro atoms. The molecule has 0 saturated heterocycles. The molecule has 1 rings (SSSR count). The van der Waals surface area contributed by atoms with Crippen LogP contribution in [0.25, 0.3) is 0 Å². The standard InChI is InChI=1S/C13H18BrN3O4S/c1-13(2,3)21-12(20)15-7-6-10(18)16-17-11(19)8-4-5-9(14)22-8/h4-5H,6-7H2,1-3H3,(H,15,20)(H,16,18)(H,17,19). The normalized spacial score (nSPS) is 10.7. The molecule has 22 heavy (non-hydrogen) atoms. The van der Waals surface area contributed by atoms with Crippen molar-refractivity contribution >= 4 is 45.2 Å². The highest BCUT2D eigenvalue weighted by Gasteiger charge is 2.16. The van der Waals surface area contributed by atoms with E-state index in [-0.39, 0.29) is 13.0 Å². The lowest BCUT2D eigenvalue weighted by Crippen LogP contribution is -2.42. The average Bonchev–Trinajstić information content (AvgIpc) is 2.80. The van der Waals surface area contributed by atoms with E-state index in [9.17, 15) is 14.4 Å². The van der Waals surface area contributed by atoms with E-state index < -0.39 is 23.5 Å². The number of hydrazine groups is 1. The minimum atomic E-state index is -0.590. The van der Waals surface area contributed by atoms with Gasteiger partial charge in [-0.2, -0.15) is 0 Å². The van der Waals surface area contributed by atoms with Crippen LogP contribution in [0.15, 0.2) is 15.9 Å². The van der Waals surface area contributed by atoms with Crippen molar-refractivity contribution in [2.75, 3.05) is 6.54 Å². The van der Waals surface area contributed by atoms with Crippen LogP contribution in [0.3, 0.4) is 0 Å². The molecule has 1 heterocycles. The molecular weight excluding hydrogens is 374 g/mol. The summed E-state index contributed by atoms with van der Waals surface area (Å²) >= 11 is 4.50. The summed E-state index contributed by atoms with van der Waals surface area (Å²) in [6.45, 7) is 5.36. The van der Waals surface area contributed by atoms with Gasteiger partial charge in [-0.05, 0) is 48.8 Å². The van der Waals surface area contributed by atoms with E-state index in [1.54, 1.807) is 32.9 Å². The molecule has 0 aliphatic rings. The van der Waals surface area contributed by atoms with Crippen LogP contribution in [-0.2, 0) is 9.53 Å². The van der Waals surface area contributed by atoms with Gasteiger partial charge >= 0.3 is 6.09 Å². The molecule has 0 bridgehead atoms. The molecule has 0 fully saturated rings. The first-order valence-electron chi connectivity index (χ1n) is 6.49. The molecular formula is C13H18BrN3O4S. The second-order valence-corrected chi connectivity index (χ2v) is 7.75. The maximum absolute atomic E-state index is 11.7. The number of amides is 3. The van der Waals surface area contributed by atoms with Gasteiger partial charge in [0.15, 0.2) is 0 Å². The zero-order chi connectivity index (χ0) is 16.8. The van der Waals surface area contributed by atoms with Gasteiger partial charge in [0.2, 0.25) is 5.91 Å². The maximum Gasteiger partial charge on any atom is 0.407 e. The molecule has 0 saturated carbocycles. The summed E-state index contributed by atoms with van der Waals surface area (Å²) in [6, 6.07) is 3.38. The topological polar surface area (TPSA) is 96.5 Å². The fourth-order valence-electron chi connectivity index (χ4n) is 1.28. The summed E-state index contributed by atoms with van der Waals surface area (Å²) in [5.41, 5.74) is 3.98. The van der Waals surface area contributed by atoms with Crippen molar-refractivity contribution in [3.63, 3.8) is 0 Å². The number of halogens is 1. The summed E-state index contributed by atoms with van der Waals surface area (Å²) in [7, 11) is 0. The van der Waals surface area contributed by atoms with E-state index >= 15 is 0 Å². The molecule has 1 aromatic rings. The number of rotatable bonds is 4. The maximum atomic E-state index is 11.7. The Balaban J connectivity index is 2.21. The minimum Gasteiger partial charge on any atom is -0.444 e. The van der Waals surface area contributed by atoms with Crippen molar-refractivity contribution in [3.8, 4) is 0 Å². The third-order valence-corrected chi connectivity index (χ3v) is 3.76. The van der Waals surface area contributed by atoms with Gasteiger partial charge in [-0.15, -0.1) is 11.3 Å². The predicted molar refractivity (Wildman–Crippen MR) is 86.5 cm³/mol. The van der Waals surface area contributed by atoms with Crippen LogP contribution in [0.5, 0.6) is 0 Å². The number of carbonyl (C=O) groups excluding carboxylic acids is 3. The van der Waals surface area contributed by atoms with Gasteiger partial charge in [-0.25, -0.2) is 4.79 Å². The molecule has 3 amide bonds. The molecule has 0 aliphatic carbocycles. The smallest absolute Gasteiger partial charge is 0.407 e. The Kier molecular flexibility index (Phi) is 6.82. The number of hydrogen-bond acceptors (Lipinski definition) is 5. The number of thiophene rings is 1. The number of carbonyl (C=O) groups is 3. The molecule has 0 unspecified atom stereocenters. The zero-order valence-electron chi connectivity index (χ0n) is 12.5. The summed E-state index contributed by atoms with van der Waals surface area (Å²) in [6.07, 6.45) is -0.569. The molecule has 0 radical (unpaired) electrons. The first kappa shape index (κ1) is 18.4. The Morgan fingerprint density at radius 2 is 1.91 bits per heavy atom. The SMILES string of the molecule is CC(C)(C)OC(=O)NCCC(=O)NNC(=O)c1ccc(Br)s1. The minimum absolute atomic E-state index is 0.0215. The van der Waals surface area contributed by atoms with Crippen LogP contribution >= 0.6 is 27.3 Å². The highest BCUT2D eigenvalue weighted by Crippen LogP contribution is 2.21. The van der Waals surface area contributed by atoms with E-state index in [4.69, 9.17) is 4.74 Å². The Morgan fingerprint density at radius 1 is 1.23 bits per heavy atom. The second-order valence-electron chi connectivity index (χ2n) is 5.28. The molecule has 3 N–H and O–H groups in total. The molecule has 0 aliphatic heterocycles. The number of nitrogens with one attached hydrogen (secondary N) is 3. The van der Waals surface area contributed by atoms with Crippen LogP contribution in [0.2, 0.25) is 0 Å². The molecule has 9 heteroatoms.